The van der Waals surface area contributed by atoms with E-state index in [1.807, 2.05) is 19.9 Å². The third-order valence-electron chi connectivity index (χ3n) is 1.87. The molecule has 0 aromatic carbocycles. The molecule has 0 aliphatic carbocycles. The Balaban J connectivity index is 4.32. The molecule has 70 valence electrons. The lowest BCUT2D eigenvalue weighted by atomic mass is 10.0. The van der Waals surface area contributed by atoms with Crippen LogP contribution < -0.4 is 0 Å². The summed E-state index contributed by atoms with van der Waals surface area (Å²) in [7, 11) is 3.10. The van der Waals surface area contributed by atoms with Gasteiger partial charge in [0, 0.05) is 13.0 Å². The van der Waals surface area contributed by atoms with Gasteiger partial charge in [-0.25, -0.2) is 0 Å². The number of allylic oxidation sites excluding steroid dienone is 1. The molecule has 12 heavy (non-hydrogen) atoms. The minimum atomic E-state index is -0.420. The van der Waals surface area contributed by atoms with E-state index < -0.39 is 6.10 Å². The molecule has 0 rings (SSSR count). The van der Waals surface area contributed by atoms with Gasteiger partial charge in [-0.05, 0) is 13.0 Å². The summed E-state index contributed by atoms with van der Waals surface area (Å²) < 4.78 is 10.0. The van der Waals surface area contributed by atoms with Crippen LogP contribution in [-0.4, -0.2) is 26.6 Å². The maximum atomic E-state index is 10.5. The fourth-order valence-corrected chi connectivity index (χ4v) is 1.11. The summed E-state index contributed by atoms with van der Waals surface area (Å²) in [6, 6.07) is 0. The maximum absolute atomic E-state index is 10.5. The highest BCUT2D eigenvalue weighted by Crippen LogP contribution is 2.16. The van der Waals surface area contributed by atoms with Gasteiger partial charge < -0.3 is 14.3 Å². The molecule has 0 aliphatic rings. The van der Waals surface area contributed by atoms with Crippen molar-refractivity contribution in [3.63, 3.8) is 0 Å². The summed E-state index contributed by atoms with van der Waals surface area (Å²) in [4.78, 5) is 10.5. The molecule has 0 bridgehead atoms. The zero-order chi connectivity index (χ0) is 9.56. The van der Waals surface area contributed by atoms with Gasteiger partial charge in [0.25, 0.3) is 0 Å². The third-order valence-corrected chi connectivity index (χ3v) is 1.87. The minimum absolute atomic E-state index is 0.0255. The zero-order valence-electron chi connectivity index (χ0n) is 8.03. The van der Waals surface area contributed by atoms with Crippen LogP contribution in [0.4, 0.5) is 0 Å². The Morgan fingerprint density at radius 1 is 1.42 bits per heavy atom. The van der Waals surface area contributed by atoms with Crippen LogP contribution in [0.1, 0.15) is 13.8 Å². The normalized spacial score (nSPS) is 16.8. The molecular weight excluding hydrogens is 156 g/mol. The molecule has 0 spiro atoms. The average Bonchev–Trinajstić information content (AvgIpc) is 2.09. The number of hydrogen-bond donors (Lipinski definition) is 0. The molecule has 0 saturated heterocycles. The lowest BCUT2D eigenvalue weighted by Crippen LogP contribution is -2.24. The number of rotatable bonds is 5. The Morgan fingerprint density at radius 3 is 2.25 bits per heavy atom. The molecule has 2 unspecified atom stereocenters. The number of hydrogen-bond acceptors (Lipinski definition) is 3. The molecule has 0 amide bonds. The monoisotopic (exact) mass is 172 g/mol. The second kappa shape index (κ2) is 5.77. The van der Waals surface area contributed by atoms with Crippen molar-refractivity contribution in [2.24, 2.45) is 5.92 Å². The summed E-state index contributed by atoms with van der Waals surface area (Å²) in [6.45, 7) is 3.76. The number of aldehydes is 1. The summed E-state index contributed by atoms with van der Waals surface area (Å²) in [5.41, 5.74) is 0. The van der Waals surface area contributed by atoms with Crippen LogP contribution in [0.3, 0.4) is 0 Å². The second-order valence-electron chi connectivity index (χ2n) is 2.52. The first kappa shape index (κ1) is 11.2. The molecule has 0 fully saturated rings. The Hall–Kier alpha value is -0.830. The van der Waals surface area contributed by atoms with Crippen molar-refractivity contribution in [2.45, 2.75) is 20.0 Å². The summed E-state index contributed by atoms with van der Waals surface area (Å²) >= 11 is 0. The molecule has 0 radical (unpaired) electrons. The first-order valence-corrected chi connectivity index (χ1v) is 3.89. The van der Waals surface area contributed by atoms with Crippen LogP contribution in [0, 0.1) is 5.92 Å². The van der Waals surface area contributed by atoms with E-state index >= 15 is 0 Å². The molecular formula is C9H16O3. The predicted molar refractivity (Wildman–Crippen MR) is 46.8 cm³/mol. The number of methoxy groups -OCH3 is 2. The van der Waals surface area contributed by atoms with E-state index in [-0.39, 0.29) is 5.92 Å². The van der Waals surface area contributed by atoms with Crippen molar-refractivity contribution in [3.8, 4) is 0 Å². The van der Waals surface area contributed by atoms with Crippen molar-refractivity contribution >= 4 is 6.29 Å². The Morgan fingerprint density at radius 2 is 2.00 bits per heavy atom. The molecule has 0 aliphatic heterocycles. The van der Waals surface area contributed by atoms with Crippen LogP contribution in [0.2, 0.25) is 0 Å². The molecule has 2 atom stereocenters. The molecule has 0 aromatic heterocycles. The highest BCUT2D eigenvalue weighted by Gasteiger charge is 2.19. The van der Waals surface area contributed by atoms with Crippen molar-refractivity contribution in [1.29, 1.82) is 0 Å². The predicted octanol–water partition coefficient (Wildman–Crippen LogP) is 1.39. The van der Waals surface area contributed by atoms with Gasteiger partial charge in [-0.1, -0.05) is 6.92 Å². The molecule has 0 aromatic rings. The largest absolute Gasteiger partial charge is 0.501 e. The molecule has 0 N–H and O–H groups in total. The topological polar surface area (TPSA) is 35.5 Å². The van der Waals surface area contributed by atoms with E-state index in [9.17, 15) is 4.79 Å². The summed E-state index contributed by atoms with van der Waals surface area (Å²) in [6.07, 6.45) is 2.20. The fourth-order valence-electron chi connectivity index (χ4n) is 1.11. The molecule has 0 heterocycles. The highest BCUT2D eigenvalue weighted by atomic mass is 16.5. The van der Waals surface area contributed by atoms with Crippen LogP contribution >= 0.6 is 0 Å². The lowest BCUT2D eigenvalue weighted by Gasteiger charge is -2.19. The van der Waals surface area contributed by atoms with Gasteiger partial charge in [0.2, 0.25) is 0 Å². The van der Waals surface area contributed by atoms with Crippen molar-refractivity contribution in [2.75, 3.05) is 14.2 Å². The van der Waals surface area contributed by atoms with Crippen molar-refractivity contribution in [1.82, 2.24) is 0 Å². The average molecular weight is 172 g/mol. The van der Waals surface area contributed by atoms with Crippen LogP contribution in [0.25, 0.3) is 0 Å². The smallest absolute Gasteiger partial charge is 0.149 e. The van der Waals surface area contributed by atoms with Crippen LogP contribution in [0.15, 0.2) is 11.8 Å². The summed E-state index contributed by atoms with van der Waals surface area (Å²) in [5.74, 6) is 0.747. The number of carbonyl (C=O) groups excluding carboxylic acids is 1. The SMILES string of the molecule is CC=C(OC)C(C)C(C=O)OC. The maximum Gasteiger partial charge on any atom is 0.149 e. The lowest BCUT2D eigenvalue weighted by molar-refractivity contribution is -0.118. The van der Waals surface area contributed by atoms with Gasteiger partial charge in [-0.2, -0.15) is 0 Å². The van der Waals surface area contributed by atoms with Crippen LogP contribution in [-0.2, 0) is 14.3 Å². The first-order valence-electron chi connectivity index (χ1n) is 3.89. The Kier molecular flexibility index (Phi) is 5.37. The van der Waals surface area contributed by atoms with Gasteiger partial charge in [0.1, 0.15) is 12.4 Å². The molecule has 0 saturated carbocycles. The van der Waals surface area contributed by atoms with Gasteiger partial charge in [-0.3, -0.25) is 0 Å². The standard InChI is InChI=1S/C9H16O3/c1-5-8(11-3)7(2)9(6-10)12-4/h5-7,9H,1-4H3. The minimum Gasteiger partial charge on any atom is -0.501 e. The van der Waals surface area contributed by atoms with E-state index in [1.54, 1.807) is 7.11 Å². The first-order chi connectivity index (χ1) is 5.71. The third kappa shape index (κ3) is 2.66. The van der Waals surface area contributed by atoms with E-state index in [4.69, 9.17) is 9.47 Å². The van der Waals surface area contributed by atoms with Gasteiger partial charge in [-0.15, -0.1) is 0 Å². The van der Waals surface area contributed by atoms with Crippen molar-refractivity contribution < 1.29 is 14.3 Å². The van der Waals surface area contributed by atoms with E-state index in [0.717, 1.165) is 12.0 Å². The van der Waals surface area contributed by atoms with Crippen molar-refractivity contribution in [3.05, 3.63) is 11.8 Å². The van der Waals surface area contributed by atoms with Gasteiger partial charge in [0.15, 0.2) is 0 Å². The number of carbonyl (C=O) groups is 1. The fraction of sp³-hybridized carbons (Fsp3) is 0.667. The quantitative estimate of drug-likeness (QED) is 0.464. The van der Waals surface area contributed by atoms with E-state index in [2.05, 4.69) is 0 Å². The Labute approximate surface area is 73.4 Å². The second-order valence-corrected chi connectivity index (χ2v) is 2.52. The number of ether oxygens (including phenoxy) is 2. The van der Waals surface area contributed by atoms with E-state index in [0.29, 0.717) is 0 Å². The van der Waals surface area contributed by atoms with E-state index in [1.165, 1.54) is 7.11 Å². The molecule has 3 nitrogen and oxygen atoms in total. The summed E-state index contributed by atoms with van der Waals surface area (Å²) in [5, 5.41) is 0. The van der Waals surface area contributed by atoms with Crippen LogP contribution in [0.5, 0.6) is 0 Å². The zero-order valence-corrected chi connectivity index (χ0v) is 8.03. The Bertz CT molecular complexity index is 163. The highest BCUT2D eigenvalue weighted by molar-refractivity contribution is 5.57. The van der Waals surface area contributed by atoms with Gasteiger partial charge in [0.05, 0.1) is 12.9 Å². The van der Waals surface area contributed by atoms with Gasteiger partial charge >= 0.3 is 0 Å². The molecule has 3 heteroatoms.